The van der Waals surface area contributed by atoms with Gasteiger partial charge in [0.1, 0.15) is 18.2 Å². The second kappa shape index (κ2) is 7.92. The van der Waals surface area contributed by atoms with Crippen LogP contribution in [0.2, 0.25) is 0 Å². The second-order valence-corrected chi connectivity index (χ2v) is 7.36. The van der Waals surface area contributed by atoms with Crippen molar-refractivity contribution in [1.82, 2.24) is 5.32 Å². The van der Waals surface area contributed by atoms with E-state index in [-0.39, 0.29) is 17.5 Å². The van der Waals surface area contributed by atoms with Crippen molar-refractivity contribution in [2.75, 3.05) is 0 Å². The van der Waals surface area contributed by atoms with E-state index in [2.05, 4.69) is 11.4 Å². The molecule has 4 rings (SSSR count). The van der Waals surface area contributed by atoms with Crippen molar-refractivity contribution in [3.05, 3.63) is 88.0 Å². The monoisotopic (exact) mass is 388 g/mol. The molecule has 4 nitrogen and oxygen atoms in total. The Kier molecular flexibility index (Phi) is 5.18. The summed E-state index contributed by atoms with van der Waals surface area (Å²) in [5, 5.41) is 13.0. The molecule has 1 atom stereocenters. The van der Waals surface area contributed by atoms with Gasteiger partial charge in [-0.3, -0.25) is 4.79 Å². The van der Waals surface area contributed by atoms with Gasteiger partial charge in [-0.1, -0.05) is 24.3 Å². The number of nitriles is 1. The van der Waals surface area contributed by atoms with Crippen LogP contribution in [0.1, 0.15) is 43.2 Å². The number of ether oxygens (including phenoxy) is 1. The molecule has 2 aliphatic rings. The molecule has 0 amide bonds. The zero-order valence-corrected chi connectivity index (χ0v) is 16.2. The van der Waals surface area contributed by atoms with Crippen LogP contribution in [0.4, 0.5) is 4.39 Å². The molecule has 1 N–H and O–H groups in total. The number of nitrogens with zero attached hydrogens (tertiary/aromatic N) is 1. The highest BCUT2D eigenvalue weighted by Crippen LogP contribution is 2.42. The van der Waals surface area contributed by atoms with Crippen molar-refractivity contribution in [2.24, 2.45) is 0 Å². The van der Waals surface area contributed by atoms with Crippen LogP contribution in [0.5, 0.6) is 5.75 Å². The van der Waals surface area contributed by atoms with Crippen LogP contribution >= 0.6 is 0 Å². The minimum atomic E-state index is -0.338. The highest BCUT2D eigenvalue weighted by atomic mass is 19.1. The maximum absolute atomic E-state index is 13.0. The van der Waals surface area contributed by atoms with Crippen LogP contribution in [0.3, 0.4) is 0 Å². The van der Waals surface area contributed by atoms with E-state index >= 15 is 0 Å². The number of carbonyl (C=O) groups is 1. The Morgan fingerprint density at radius 2 is 1.86 bits per heavy atom. The quantitative estimate of drug-likeness (QED) is 0.810. The van der Waals surface area contributed by atoms with Crippen LogP contribution in [0, 0.1) is 17.1 Å². The first kappa shape index (κ1) is 18.9. The molecular weight excluding hydrogens is 367 g/mol. The molecule has 5 heteroatoms. The first-order valence-corrected chi connectivity index (χ1v) is 9.68. The molecule has 0 bridgehead atoms. The smallest absolute Gasteiger partial charge is 0.161 e. The van der Waals surface area contributed by atoms with Crippen molar-refractivity contribution in [3.8, 4) is 11.8 Å². The summed E-state index contributed by atoms with van der Waals surface area (Å²) >= 11 is 0. The highest BCUT2D eigenvalue weighted by Gasteiger charge is 2.35. The zero-order chi connectivity index (χ0) is 20.4. The molecule has 0 radical (unpaired) electrons. The van der Waals surface area contributed by atoms with Crippen molar-refractivity contribution in [3.63, 3.8) is 0 Å². The Hall–Kier alpha value is -3.39. The standard InChI is InChI=1S/C24H21FN2O2/c1-15-20(13-26)23(24-21(27-15)3-2-4-22(24)28)17-7-11-19(12-8-17)29-14-16-5-9-18(25)10-6-16/h5-12,23,27H,2-4,14H2,1H3/t23-/m1/s1. The van der Waals surface area contributed by atoms with Crippen LogP contribution < -0.4 is 10.1 Å². The molecule has 0 aromatic heterocycles. The first-order valence-electron chi connectivity index (χ1n) is 9.68. The number of dihydropyridines is 1. The average Bonchev–Trinajstić information content (AvgIpc) is 2.73. The molecule has 0 saturated carbocycles. The summed E-state index contributed by atoms with van der Waals surface area (Å²) in [4.78, 5) is 12.6. The predicted molar refractivity (Wildman–Crippen MR) is 107 cm³/mol. The van der Waals surface area contributed by atoms with E-state index in [0.717, 1.165) is 40.9 Å². The third kappa shape index (κ3) is 3.79. The Labute approximate surface area is 169 Å². The second-order valence-electron chi connectivity index (χ2n) is 7.36. The number of nitrogens with one attached hydrogen (secondary N) is 1. The maximum Gasteiger partial charge on any atom is 0.161 e. The minimum absolute atomic E-state index is 0.112. The molecule has 29 heavy (non-hydrogen) atoms. The third-order valence-corrected chi connectivity index (χ3v) is 5.43. The van der Waals surface area contributed by atoms with E-state index in [1.54, 1.807) is 12.1 Å². The first-order chi connectivity index (χ1) is 14.1. The zero-order valence-electron chi connectivity index (χ0n) is 16.2. The van der Waals surface area contributed by atoms with E-state index in [9.17, 15) is 14.4 Å². The van der Waals surface area contributed by atoms with Crippen molar-refractivity contribution in [1.29, 1.82) is 5.26 Å². The fraction of sp³-hybridized carbons (Fsp3) is 0.250. The molecule has 1 aliphatic carbocycles. The van der Waals surface area contributed by atoms with Crippen LogP contribution in [-0.2, 0) is 11.4 Å². The van der Waals surface area contributed by atoms with Gasteiger partial charge in [-0.2, -0.15) is 5.26 Å². The van der Waals surface area contributed by atoms with E-state index < -0.39 is 0 Å². The molecule has 0 fully saturated rings. The van der Waals surface area contributed by atoms with Gasteiger partial charge in [0.2, 0.25) is 0 Å². The number of Topliss-reactive ketones (excluding diaryl/α,β-unsaturated/α-hetero) is 1. The average molecular weight is 388 g/mol. The van der Waals surface area contributed by atoms with Gasteiger partial charge in [0.25, 0.3) is 0 Å². The van der Waals surface area contributed by atoms with Crippen LogP contribution in [0.15, 0.2) is 71.1 Å². The molecule has 146 valence electrons. The Bertz CT molecular complexity index is 1040. The summed E-state index contributed by atoms with van der Waals surface area (Å²) in [7, 11) is 0. The summed E-state index contributed by atoms with van der Waals surface area (Å²) in [5.41, 5.74) is 4.83. The fourth-order valence-corrected chi connectivity index (χ4v) is 3.97. The van der Waals surface area contributed by atoms with Gasteiger partial charge in [0.15, 0.2) is 5.78 Å². The number of benzene rings is 2. The molecule has 0 unspecified atom stereocenters. The maximum atomic E-state index is 13.0. The summed E-state index contributed by atoms with van der Waals surface area (Å²) in [6, 6.07) is 16.0. The Morgan fingerprint density at radius 1 is 1.14 bits per heavy atom. The topological polar surface area (TPSA) is 62.1 Å². The molecule has 0 saturated heterocycles. The van der Waals surface area contributed by atoms with Crippen LogP contribution in [-0.4, -0.2) is 5.78 Å². The summed E-state index contributed by atoms with van der Waals surface area (Å²) < 4.78 is 18.8. The molecular formula is C24H21FN2O2. The lowest BCUT2D eigenvalue weighted by atomic mass is 9.76. The van der Waals surface area contributed by atoms with E-state index in [1.165, 1.54) is 12.1 Å². The third-order valence-electron chi connectivity index (χ3n) is 5.43. The fourth-order valence-electron chi connectivity index (χ4n) is 3.97. The summed E-state index contributed by atoms with van der Waals surface area (Å²) in [6.07, 6.45) is 2.18. The van der Waals surface area contributed by atoms with Gasteiger partial charge in [-0.05, 0) is 55.2 Å². The molecule has 1 aliphatic heterocycles. The normalized spacial score (nSPS) is 18.8. The summed E-state index contributed by atoms with van der Waals surface area (Å²) in [6.45, 7) is 2.22. The van der Waals surface area contributed by atoms with E-state index in [4.69, 9.17) is 4.74 Å². The number of carbonyl (C=O) groups excluding carboxylic acids is 1. The van der Waals surface area contributed by atoms with E-state index in [0.29, 0.717) is 24.4 Å². The summed E-state index contributed by atoms with van der Waals surface area (Å²) in [5.74, 6) is 0.175. The molecule has 2 aromatic carbocycles. The lowest BCUT2D eigenvalue weighted by Gasteiger charge is -2.32. The highest BCUT2D eigenvalue weighted by molar-refractivity contribution is 5.99. The van der Waals surface area contributed by atoms with Gasteiger partial charge in [-0.15, -0.1) is 0 Å². The SMILES string of the molecule is CC1=C(C#N)[C@@H](c2ccc(OCc3ccc(F)cc3)cc2)C2=C(CCCC2=O)N1. The predicted octanol–water partition coefficient (Wildman–Crippen LogP) is 4.90. The van der Waals surface area contributed by atoms with Crippen molar-refractivity contribution < 1.29 is 13.9 Å². The Morgan fingerprint density at radius 3 is 2.55 bits per heavy atom. The van der Waals surface area contributed by atoms with Gasteiger partial charge >= 0.3 is 0 Å². The molecule has 2 aromatic rings. The van der Waals surface area contributed by atoms with Crippen molar-refractivity contribution >= 4 is 5.78 Å². The van der Waals surface area contributed by atoms with E-state index in [1.807, 2.05) is 31.2 Å². The number of halogens is 1. The lowest BCUT2D eigenvalue weighted by Crippen LogP contribution is -2.31. The molecule has 1 heterocycles. The number of hydrogen-bond acceptors (Lipinski definition) is 4. The Balaban J connectivity index is 1.58. The lowest BCUT2D eigenvalue weighted by molar-refractivity contribution is -0.116. The number of hydrogen-bond donors (Lipinski definition) is 1. The minimum Gasteiger partial charge on any atom is -0.489 e. The van der Waals surface area contributed by atoms with Gasteiger partial charge in [0.05, 0.1) is 17.6 Å². The number of allylic oxidation sites excluding steroid dienone is 4. The number of ketones is 1. The number of rotatable bonds is 4. The van der Waals surface area contributed by atoms with Gasteiger partial charge in [-0.25, -0.2) is 4.39 Å². The van der Waals surface area contributed by atoms with Gasteiger partial charge < -0.3 is 10.1 Å². The van der Waals surface area contributed by atoms with Crippen molar-refractivity contribution in [2.45, 2.75) is 38.7 Å². The van der Waals surface area contributed by atoms with Gasteiger partial charge in [0, 0.05) is 23.4 Å². The van der Waals surface area contributed by atoms with Crippen LogP contribution in [0.25, 0.3) is 0 Å². The largest absolute Gasteiger partial charge is 0.489 e. The molecule has 0 spiro atoms.